The van der Waals surface area contributed by atoms with E-state index in [2.05, 4.69) is 34.3 Å². The minimum atomic E-state index is 0.821. The van der Waals surface area contributed by atoms with Gasteiger partial charge in [0.15, 0.2) is 0 Å². The molecule has 1 aliphatic carbocycles. The summed E-state index contributed by atoms with van der Waals surface area (Å²) in [5.41, 5.74) is 3.08. The zero-order valence-electron chi connectivity index (χ0n) is 11.5. The van der Waals surface area contributed by atoms with Crippen LogP contribution in [-0.2, 0) is 0 Å². The number of anilines is 1. The van der Waals surface area contributed by atoms with Crippen LogP contribution in [0.4, 0.5) is 5.69 Å². The first kappa shape index (κ1) is 12.4. The van der Waals surface area contributed by atoms with E-state index >= 15 is 0 Å². The van der Waals surface area contributed by atoms with Gasteiger partial charge in [0.05, 0.1) is 11.0 Å². The van der Waals surface area contributed by atoms with Gasteiger partial charge in [-0.2, -0.15) is 0 Å². The van der Waals surface area contributed by atoms with Crippen molar-refractivity contribution in [1.29, 1.82) is 0 Å². The van der Waals surface area contributed by atoms with Crippen LogP contribution in [0.25, 0.3) is 11.0 Å². The Morgan fingerprint density at radius 1 is 1.16 bits per heavy atom. The molecule has 19 heavy (non-hydrogen) atoms. The largest absolute Gasteiger partial charge is 0.385 e. The van der Waals surface area contributed by atoms with Crippen molar-refractivity contribution in [2.75, 3.05) is 11.9 Å². The summed E-state index contributed by atoms with van der Waals surface area (Å²) >= 11 is 0. The van der Waals surface area contributed by atoms with Crippen LogP contribution in [0.5, 0.6) is 0 Å². The first-order chi connectivity index (χ1) is 9.31. The van der Waals surface area contributed by atoms with Gasteiger partial charge in [0.25, 0.3) is 0 Å². The van der Waals surface area contributed by atoms with E-state index in [9.17, 15) is 0 Å². The highest BCUT2D eigenvalue weighted by Gasteiger charge is 2.18. The third-order valence-electron chi connectivity index (χ3n) is 4.11. The van der Waals surface area contributed by atoms with Crippen molar-refractivity contribution in [3.8, 4) is 0 Å². The normalized spacial score (nSPS) is 23.4. The summed E-state index contributed by atoms with van der Waals surface area (Å²) in [4.78, 5) is 8.64. The number of nitrogens with zero attached hydrogens (tertiary/aromatic N) is 2. The van der Waals surface area contributed by atoms with E-state index in [0.29, 0.717) is 0 Å². The van der Waals surface area contributed by atoms with Gasteiger partial charge >= 0.3 is 0 Å². The van der Waals surface area contributed by atoms with Crippen LogP contribution in [0.15, 0.2) is 30.6 Å². The average molecular weight is 255 g/mol. The molecule has 0 aliphatic heterocycles. The molecule has 0 saturated heterocycles. The predicted octanol–water partition coefficient (Wildman–Crippen LogP) is 3.87. The van der Waals surface area contributed by atoms with E-state index in [0.717, 1.165) is 35.1 Å². The SMILES string of the molecule is CC1CCCC(CNc2ccc3nccnc3c2)C1. The minimum Gasteiger partial charge on any atom is -0.385 e. The van der Waals surface area contributed by atoms with Crippen LogP contribution in [-0.4, -0.2) is 16.5 Å². The maximum absolute atomic E-state index is 4.35. The van der Waals surface area contributed by atoms with Gasteiger partial charge in [-0.25, -0.2) is 0 Å². The van der Waals surface area contributed by atoms with E-state index in [4.69, 9.17) is 0 Å². The lowest BCUT2D eigenvalue weighted by atomic mass is 9.82. The van der Waals surface area contributed by atoms with Crippen LogP contribution >= 0.6 is 0 Å². The predicted molar refractivity (Wildman–Crippen MR) is 79.1 cm³/mol. The molecule has 100 valence electrons. The van der Waals surface area contributed by atoms with Crippen molar-refractivity contribution < 1.29 is 0 Å². The molecular weight excluding hydrogens is 234 g/mol. The minimum absolute atomic E-state index is 0.821. The fourth-order valence-electron chi connectivity index (χ4n) is 3.08. The number of hydrogen-bond donors (Lipinski definition) is 1. The number of nitrogens with one attached hydrogen (secondary N) is 1. The Morgan fingerprint density at radius 2 is 2.00 bits per heavy atom. The van der Waals surface area contributed by atoms with Crippen molar-refractivity contribution in [2.24, 2.45) is 11.8 Å². The molecule has 1 aromatic heterocycles. The molecule has 3 heteroatoms. The standard InChI is InChI=1S/C16H21N3/c1-12-3-2-4-13(9-12)11-19-14-5-6-15-16(10-14)18-8-7-17-15/h5-8,10,12-13,19H,2-4,9,11H2,1H3. The Hall–Kier alpha value is -1.64. The molecule has 2 unspecified atom stereocenters. The van der Waals surface area contributed by atoms with Crippen molar-refractivity contribution in [2.45, 2.75) is 32.6 Å². The number of hydrogen-bond acceptors (Lipinski definition) is 3. The fraction of sp³-hybridized carbons (Fsp3) is 0.500. The first-order valence-electron chi connectivity index (χ1n) is 7.26. The molecule has 1 aromatic carbocycles. The van der Waals surface area contributed by atoms with E-state index in [1.54, 1.807) is 12.4 Å². The van der Waals surface area contributed by atoms with Crippen molar-refractivity contribution >= 4 is 16.7 Å². The number of benzene rings is 1. The Bertz CT molecular complexity index is 552. The van der Waals surface area contributed by atoms with Crippen LogP contribution < -0.4 is 5.32 Å². The highest BCUT2D eigenvalue weighted by molar-refractivity contribution is 5.78. The fourth-order valence-corrected chi connectivity index (χ4v) is 3.08. The van der Waals surface area contributed by atoms with Crippen molar-refractivity contribution in [3.63, 3.8) is 0 Å². The monoisotopic (exact) mass is 255 g/mol. The van der Waals surface area contributed by atoms with Crippen molar-refractivity contribution in [3.05, 3.63) is 30.6 Å². The van der Waals surface area contributed by atoms with Crippen molar-refractivity contribution in [1.82, 2.24) is 9.97 Å². The number of rotatable bonds is 3. The second-order valence-electron chi connectivity index (χ2n) is 5.78. The maximum atomic E-state index is 4.35. The molecular formula is C16H21N3. The van der Waals surface area contributed by atoms with Gasteiger partial charge in [0.2, 0.25) is 0 Å². The lowest BCUT2D eigenvalue weighted by Crippen LogP contribution is -2.20. The summed E-state index contributed by atoms with van der Waals surface area (Å²) in [7, 11) is 0. The molecule has 0 bridgehead atoms. The van der Waals surface area contributed by atoms with Gasteiger partial charge in [-0.3, -0.25) is 9.97 Å². The average Bonchev–Trinajstić information content (AvgIpc) is 2.45. The van der Waals surface area contributed by atoms with Gasteiger partial charge in [0, 0.05) is 24.6 Å². The van der Waals surface area contributed by atoms with E-state index < -0.39 is 0 Å². The van der Waals surface area contributed by atoms with E-state index in [-0.39, 0.29) is 0 Å². The molecule has 1 N–H and O–H groups in total. The quantitative estimate of drug-likeness (QED) is 0.904. The Balaban J connectivity index is 1.64. The zero-order chi connectivity index (χ0) is 13.1. The van der Waals surface area contributed by atoms with Crippen LogP contribution in [0.1, 0.15) is 32.6 Å². The summed E-state index contributed by atoms with van der Waals surface area (Å²) in [6, 6.07) is 6.23. The van der Waals surface area contributed by atoms with E-state index in [1.807, 2.05) is 6.07 Å². The molecule has 1 heterocycles. The van der Waals surface area contributed by atoms with Gasteiger partial charge in [-0.15, -0.1) is 0 Å². The first-order valence-corrected chi connectivity index (χ1v) is 7.26. The van der Waals surface area contributed by atoms with Crippen LogP contribution in [0.3, 0.4) is 0 Å². The molecule has 2 atom stereocenters. The summed E-state index contributed by atoms with van der Waals surface area (Å²) in [6.45, 7) is 3.45. The summed E-state index contributed by atoms with van der Waals surface area (Å²) < 4.78 is 0. The lowest BCUT2D eigenvalue weighted by molar-refractivity contribution is 0.293. The Labute approximate surface area is 114 Å². The second kappa shape index (κ2) is 5.55. The topological polar surface area (TPSA) is 37.8 Å². The molecule has 0 radical (unpaired) electrons. The summed E-state index contributed by atoms with van der Waals surface area (Å²) in [6.07, 6.45) is 9.00. The summed E-state index contributed by atoms with van der Waals surface area (Å²) in [5, 5.41) is 3.56. The molecule has 0 spiro atoms. The van der Waals surface area contributed by atoms with Gasteiger partial charge in [-0.1, -0.05) is 19.8 Å². The molecule has 3 rings (SSSR count). The van der Waals surface area contributed by atoms with Crippen LogP contribution in [0.2, 0.25) is 0 Å². The molecule has 2 aromatic rings. The van der Waals surface area contributed by atoms with Gasteiger partial charge in [-0.05, 0) is 42.9 Å². The lowest BCUT2D eigenvalue weighted by Gasteiger charge is -2.27. The highest BCUT2D eigenvalue weighted by Crippen LogP contribution is 2.28. The van der Waals surface area contributed by atoms with Gasteiger partial charge in [0.1, 0.15) is 0 Å². The molecule has 3 nitrogen and oxygen atoms in total. The third-order valence-corrected chi connectivity index (χ3v) is 4.11. The molecule has 0 amide bonds. The molecule has 1 aliphatic rings. The highest BCUT2D eigenvalue weighted by atomic mass is 14.9. The Morgan fingerprint density at radius 3 is 2.84 bits per heavy atom. The maximum Gasteiger partial charge on any atom is 0.0907 e. The smallest absolute Gasteiger partial charge is 0.0907 e. The van der Waals surface area contributed by atoms with Gasteiger partial charge < -0.3 is 5.32 Å². The Kier molecular flexibility index (Phi) is 3.62. The van der Waals surface area contributed by atoms with Crippen LogP contribution in [0, 0.1) is 11.8 Å². The second-order valence-corrected chi connectivity index (χ2v) is 5.78. The molecule has 1 fully saturated rings. The number of aromatic nitrogens is 2. The van der Waals surface area contributed by atoms with E-state index in [1.165, 1.54) is 25.7 Å². The summed E-state index contributed by atoms with van der Waals surface area (Å²) in [5.74, 6) is 1.71. The number of fused-ring (bicyclic) bond motifs is 1. The zero-order valence-corrected chi connectivity index (χ0v) is 11.5. The molecule has 1 saturated carbocycles. The third kappa shape index (κ3) is 3.03.